The molecule has 10 nitrogen and oxygen atoms in total. The summed E-state index contributed by atoms with van der Waals surface area (Å²) in [7, 11) is 2.41. The van der Waals surface area contributed by atoms with Gasteiger partial charge in [0.2, 0.25) is 0 Å². The highest BCUT2D eigenvalue weighted by molar-refractivity contribution is 7.11. The molecule has 1 aromatic heterocycles. The monoisotopic (exact) mass is 561 g/mol. The molecule has 1 aliphatic rings. The van der Waals surface area contributed by atoms with Crippen LogP contribution in [-0.2, 0) is 34.1 Å². The molecular weight excluding hydrogens is 529 g/mol. The van der Waals surface area contributed by atoms with Gasteiger partial charge in [-0.05, 0) is 59.2 Å². The number of carbonyl (C=O) groups is 3. The molecule has 0 saturated carbocycles. The van der Waals surface area contributed by atoms with Crippen LogP contribution in [0.15, 0.2) is 52.1 Å². The van der Waals surface area contributed by atoms with Gasteiger partial charge in [-0.25, -0.2) is 33.7 Å². The molecule has 1 unspecified atom stereocenters. The Bertz CT molecular complexity index is 1300. The second-order valence-corrected chi connectivity index (χ2v) is 11.2. The third-order valence-electron chi connectivity index (χ3n) is 5.83. The summed E-state index contributed by atoms with van der Waals surface area (Å²) < 4.78 is 35.5. The summed E-state index contributed by atoms with van der Waals surface area (Å²) >= 11 is 1.21. The zero-order valence-electron chi connectivity index (χ0n) is 23.2. The first-order valence-electron chi connectivity index (χ1n) is 12.0. The number of rotatable bonds is 7. The maximum Gasteiger partial charge on any atom is 0.420 e. The van der Waals surface area contributed by atoms with Crippen molar-refractivity contribution in [3.8, 4) is 0 Å². The molecule has 0 fully saturated rings. The summed E-state index contributed by atoms with van der Waals surface area (Å²) in [5.41, 5.74) is -3.46. The fourth-order valence-corrected chi connectivity index (χ4v) is 4.53. The minimum absolute atomic E-state index is 0.0140. The first-order valence-corrected chi connectivity index (χ1v) is 12.9. The summed E-state index contributed by atoms with van der Waals surface area (Å²) in [5.74, 6) is -1.89. The molecule has 0 bridgehead atoms. The van der Waals surface area contributed by atoms with Gasteiger partial charge in [0.1, 0.15) is 17.0 Å². The van der Waals surface area contributed by atoms with E-state index in [9.17, 15) is 18.8 Å². The summed E-state index contributed by atoms with van der Waals surface area (Å²) in [6.45, 7) is 9.28. The smallest absolute Gasteiger partial charge is 0.420 e. The van der Waals surface area contributed by atoms with E-state index in [1.165, 1.54) is 63.7 Å². The molecule has 3 rings (SSSR count). The molecule has 0 radical (unpaired) electrons. The number of hydrogen-bond acceptors (Lipinski definition) is 10. The van der Waals surface area contributed by atoms with Gasteiger partial charge in [-0.3, -0.25) is 0 Å². The number of amides is 1. The number of amidine groups is 1. The van der Waals surface area contributed by atoms with Gasteiger partial charge in [-0.2, -0.15) is 0 Å². The van der Waals surface area contributed by atoms with E-state index < -0.39 is 47.2 Å². The highest BCUT2D eigenvalue weighted by Gasteiger charge is 2.48. The maximum atomic E-state index is 13.9. The third-order valence-corrected chi connectivity index (χ3v) is 6.60. The van der Waals surface area contributed by atoms with Crippen LogP contribution in [0.5, 0.6) is 0 Å². The van der Waals surface area contributed by atoms with Gasteiger partial charge < -0.3 is 18.9 Å². The fourth-order valence-electron chi connectivity index (χ4n) is 3.91. The average Bonchev–Trinajstić information content (AvgIpc) is 3.40. The van der Waals surface area contributed by atoms with Crippen LogP contribution < -0.4 is 0 Å². The van der Waals surface area contributed by atoms with E-state index in [0.717, 1.165) is 4.90 Å². The van der Waals surface area contributed by atoms with E-state index in [-0.39, 0.29) is 17.1 Å². The molecule has 0 aliphatic carbocycles. The molecule has 2 heterocycles. The lowest BCUT2D eigenvalue weighted by Crippen LogP contribution is -2.50. The van der Waals surface area contributed by atoms with Gasteiger partial charge in [0, 0.05) is 11.6 Å². The highest BCUT2D eigenvalue weighted by Crippen LogP contribution is 2.42. The summed E-state index contributed by atoms with van der Waals surface area (Å²) in [5, 5.41) is 2.05. The lowest BCUT2D eigenvalue weighted by atomic mass is 9.82. The highest BCUT2D eigenvalue weighted by atomic mass is 32.1. The van der Waals surface area contributed by atoms with E-state index in [0.29, 0.717) is 10.6 Å². The summed E-state index contributed by atoms with van der Waals surface area (Å²) in [4.78, 5) is 49.8. The average molecular weight is 562 g/mol. The van der Waals surface area contributed by atoms with Crippen molar-refractivity contribution in [1.29, 1.82) is 0 Å². The van der Waals surface area contributed by atoms with Gasteiger partial charge >= 0.3 is 18.0 Å². The predicted molar refractivity (Wildman–Crippen MR) is 142 cm³/mol. The van der Waals surface area contributed by atoms with Crippen molar-refractivity contribution in [2.45, 2.75) is 58.3 Å². The van der Waals surface area contributed by atoms with Crippen LogP contribution in [0.2, 0.25) is 0 Å². The quantitative estimate of drug-likeness (QED) is 0.356. The van der Waals surface area contributed by atoms with Crippen LogP contribution in [0.3, 0.4) is 0 Å². The topological polar surface area (TPSA) is 117 Å². The third kappa shape index (κ3) is 6.34. The van der Waals surface area contributed by atoms with Crippen LogP contribution >= 0.6 is 11.3 Å². The minimum atomic E-state index is -1.48. The molecule has 12 heteroatoms. The van der Waals surface area contributed by atoms with Gasteiger partial charge in [-0.1, -0.05) is 12.1 Å². The first kappa shape index (κ1) is 29.9. The van der Waals surface area contributed by atoms with Gasteiger partial charge in [0.15, 0.2) is 16.4 Å². The number of halogens is 1. The Morgan fingerprint density at radius 2 is 1.69 bits per heavy atom. The van der Waals surface area contributed by atoms with Gasteiger partial charge in [0.25, 0.3) is 0 Å². The van der Waals surface area contributed by atoms with E-state index >= 15 is 0 Å². The van der Waals surface area contributed by atoms with Crippen molar-refractivity contribution < 1.29 is 37.7 Å². The predicted octanol–water partition coefficient (Wildman–Crippen LogP) is 4.59. The molecule has 0 N–H and O–H groups in total. The van der Waals surface area contributed by atoms with Crippen molar-refractivity contribution in [2.75, 3.05) is 20.8 Å². The number of carbonyl (C=O) groups excluding carboxylic acids is 3. The standard InChI is InChI=1S/C27H32FN3O7S/c1-25(2,3)38-24(34)31-18(15-37-26(4,5)23(33)36-8)19(22(32)35-7)27(6,16-9-11-17(28)12-10-16)30-20(31)21-29-13-14-39-21/h9-14H,15H2,1-8H3. The molecule has 210 valence electrons. The lowest BCUT2D eigenvalue weighted by Gasteiger charge is -2.40. The number of ether oxygens (including phenoxy) is 4. The maximum absolute atomic E-state index is 13.9. The molecule has 1 atom stereocenters. The van der Waals surface area contributed by atoms with Crippen LogP contribution in [-0.4, -0.2) is 65.8 Å². The number of methoxy groups -OCH3 is 2. The van der Waals surface area contributed by atoms with Crippen molar-refractivity contribution in [3.05, 3.63) is 63.5 Å². The SMILES string of the molecule is COC(=O)C1=C(COC(C)(C)C(=O)OC)N(C(=O)OC(C)(C)C)C(c2nccs2)=NC1(C)c1ccc(F)cc1. The van der Waals surface area contributed by atoms with E-state index in [1.807, 2.05) is 0 Å². The number of nitrogens with zero attached hydrogens (tertiary/aromatic N) is 3. The number of aliphatic imine (C=N–C) groups is 1. The number of aromatic nitrogens is 1. The molecule has 1 aliphatic heterocycles. The molecule has 0 spiro atoms. The molecule has 2 aromatic rings. The normalized spacial score (nSPS) is 18.0. The Hall–Kier alpha value is -3.64. The van der Waals surface area contributed by atoms with Crippen LogP contribution in [0.1, 0.15) is 52.1 Å². The van der Waals surface area contributed by atoms with Gasteiger partial charge in [-0.15, -0.1) is 11.3 Å². The molecule has 1 aromatic carbocycles. The van der Waals surface area contributed by atoms with Crippen LogP contribution in [0.25, 0.3) is 0 Å². The lowest BCUT2D eigenvalue weighted by molar-refractivity contribution is -0.164. The number of thiazole rings is 1. The number of benzene rings is 1. The zero-order valence-corrected chi connectivity index (χ0v) is 24.0. The van der Waals surface area contributed by atoms with E-state index in [4.69, 9.17) is 23.9 Å². The minimum Gasteiger partial charge on any atom is -0.467 e. The summed E-state index contributed by atoms with van der Waals surface area (Å²) in [6.07, 6.45) is 0.690. The van der Waals surface area contributed by atoms with Crippen molar-refractivity contribution in [2.24, 2.45) is 4.99 Å². The molecule has 0 saturated heterocycles. The Kier molecular flexibility index (Phi) is 8.61. The first-order chi connectivity index (χ1) is 18.1. The Labute approximate surface area is 230 Å². The van der Waals surface area contributed by atoms with Crippen LogP contribution in [0, 0.1) is 5.82 Å². The largest absolute Gasteiger partial charge is 0.467 e. The number of esters is 2. The Balaban J connectivity index is 2.36. The van der Waals surface area contributed by atoms with Crippen molar-refractivity contribution in [1.82, 2.24) is 9.88 Å². The second-order valence-electron chi connectivity index (χ2n) is 10.3. The van der Waals surface area contributed by atoms with Crippen molar-refractivity contribution in [3.63, 3.8) is 0 Å². The second kappa shape index (κ2) is 11.2. The molecule has 39 heavy (non-hydrogen) atoms. The Morgan fingerprint density at radius 3 is 2.21 bits per heavy atom. The van der Waals surface area contributed by atoms with Crippen molar-refractivity contribution >= 4 is 35.2 Å². The fraction of sp³-hybridized carbons (Fsp3) is 0.444. The molecular formula is C27H32FN3O7S. The van der Waals surface area contributed by atoms with E-state index in [2.05, 4.69) is 4.98 Å². The van der Waals surface area contributed by atoms with Gasteiger partial charge in [0.05, 0.1) is 32.1 Å². The Morgan fingerprint density at radius 1 is 1.05 bits per heavy atom. The van der Waals surface area contributed by atoms with E-state index in [1.54, 1.807) is 39.3 Å². The van der Waals surface area contributed by atoms with Crippen LogP contribution in [0.4, 0.5) is 9.18 Å². The summed E-state index contributed by atoms with van der Waals surface area (Å²) in [6, 6.07) is 5.46. The number of hydrogen-bond donors (Lipinski definition) is 0. The zero-order chi connectivity index (χ0) is 29.2. The molecule has 1 amide bonds.